The highest BCUT2D eigenvalue weighted by atomic mass is 16.5. The van der Waals surface area contributed by atoms with E-state index in [0.29, 0.717) is 80.4 Å². The zero-order chi connectivity index (χ0) is 45.3. The molecule has 0 spiro atoms. The summed E-state index contributed by atoms with van der Waals surface area (Å²) in [5.74, 6) is 2.05. The fraction of sp³-hybridized carbons (Fsp3) is 0.103. The van der Waals surface area contributed by atoms with E-state index >= 15 is 0 Å². The Hall–Kier alpha value is -8.36. The van der Waals surface area contributed by atoms with Crippen molar-refractivity contribution in [2.24, 2.45) is 0 Å². The van der Waals surface area contributed by atoms with Gasteiger partial charge in [-0.2, -0.15) is 0 Å². The molecule has 0 unspecified atom stereocenters. The molecule has 8 nitrogen and oxygen atoms in total. The SMILES string of the molecule is COc1c(OCc2ccccc2)cc2ccccc2c1-c1c(OC)c(O)c(-c2c(O)c(OC)c(-c3c(OC)c(OCc4ccccc4)cc4ccccc34)c3ccccc23)c2ccccc12. The summed E-state index contributed by atoms with van der Waals surface area (Å²) >= 11 is 0. The van der Waals surface area contributed by atoms with Crippen LogP contribution in [-0.2, 0) is 13.2 Å². The number of benzene rings is 10. The largest absolute Gasteiger partial charge is 0.504 e. The molecule has 10 aromatic rings. The van der Waals surface area contributed by atoms with Gasteiger partial charge in [-0.3, -0.25) is 0 Å². The standard InChI is InChI=1S/C58H46O8/c1-61-55-45(65-33-35-19-7-5-8-20-35)31-37-23-11-13-25-39(37)49(55)51-43-29-17-15-27-41(43)47(53(59)57(51)63-3)48-42-28-16-18-30-44(42)52(58(64-4)54(48)60)50-40-26-14-12-24-38(40)32-46(56(50)62-2)66-34-36-21-9-6-10-22-36/h5-32,59-60H,33-34H2,1-4H3. The average Bonchev–Trinajstić information content (AvgIpc) is 3.37. The summed E-state index contributed by atoms with van der Waals surface area (Å²) in [5.41, 5.74) is 5.30. The monoisotopic (exact) mass is 870 g/mol. The van der Waals surface area contributed by atoms with Crippen LogP contribution in [0.2, 0.25) is 0 Å². The van der Waals surface area contributed by atoms with Gasteiger partial charge in [-0.1, -0.05) is 158 Å². The van der Waals surface area contributed by atoms with Gasteiger partial charge < -0.3 is 38.6 Å². The second-order valence-corrected chi connectivity index (χ2v) is 15.9. The lowest BCUT2D eigenvalue weighted by Crippen LogP contribution is -2.02. The van der Waals surface area contributed by atoms with Crippen LogP contribution in [0.5, 0.6) is 46.0 Å². The van der Waals surface area contributed by atoms with Crippen LogP contribution in [0.25, 0.3) is 76.5 Å². The molecular formula is C58H46O8. The molecule has 66 heavy (non-hydrogen) atoms. The Labute approximate surface area is 382 Å². The molecule has 0 radical (unpaired) electrons. The number of phenols is 2. The summed E-state index contributed by atoms with van der Waals surface area (Å²) in [5, 5.41) is 32.2. The molecule has 8 heteroatoms. The quantitative estimate of drug-likeness (QED) is 0.118. The molecule has 0 fully saturated rings. The molecule has 0 aliphatic carbocycles. The van der Waals surface area contributed by atoms with E-state index < -0.39 is 0 Å². The lowest BCUT2D eigenvalue weighted by molar-refractivity contribution is 0.285. The van der Waals surface area contributed by atoms with E-state index in [-0.39, 0.29) is 23.0 Å². The number of aromatic hydroxyl groups is 2. The summed E-state index contributed by atoms with van der Waals surface area (Å²) in [7, 11) is 6.31. The molecule has 0 heterocycles. The molecule has 10 aromatic carbocycles. The summed E-state index contributed by atoms with van der Waals surface area (Å²) in [6.07, 6.45) is 0. The first kappa shape index (κ1) is 41.6. The van der Waals surface area contributed by atoms with E-state index in [9.17, 15) is 10.2 Å². The molecule has 0 atom stereocenters. The number of methoxy groups -OCH3 is 4. The Kier molecular flexibility index (Phi) is 11.1. The van der Waals surface area contributed by atoms with Crippen molar-refractivity contribution in [3.05, 3.63) is 181 Å². The van der Waals surface area contributed by atoms with Gasteiger partial charge in [0.25, 0.3) is 0 Å². The van der Waals surface area contributed by atoms with Gasteiger partial charge in [-0.25, -0.2) is 0 Å². The Bertz CT molecular complexity index is 3210. The first-order valence-electron chi connectivity index (χ1n) is 21.6. The van der Waals surface area contributed by atoms with Crippen molar-refractivity contribution >= 4 is 43.1 Å². The minimum Gasteiger partial charge on any atom is -0.504 e. The van der Waals surface area contributed by atoms with Gasteiger partial charge in [0.15, 0.2) is 46.0 Å². The van der Waals surface area contributed by atoms with E-state index in [1.165, 1.54) is 14.2 Å². The third-order valence-electron chi connectivity index (χ3n) is 12.3. The highest BCUT2D eigenvalue weighted by molar-refractivity contribution is 6.22. The maximum absolute atomic E-state index is 12.9. The highest BCUT2D eigenvalue weighted by Crippen LogP contribution is 2.60. The normalized spacial score (nSPS) is 11.3. The van der Waals surface area contributed by atoms with Crippen molar-refractivity contribution < 1.29 is 38.6 Å². The molecule has 0 aliphatic rings. The maximum Gasteiger partial charge on any atom is 0.169 e. The Balaban J connectivity index is 1.24. The summed E-state index contributed by atoms with van der Waals surface area (Å²) in [6.45, 7) is 0.627. The lowest BCUT2D eigenvalue weighted by Gasteiger charge is -2.25. The second kappa shape index (κ2) is 17.7. The van der Waals surface area contributed by atoms with Crippen molar-refractivity contribution in [1.29, 1.82) is 0 Å². The van der Waals surface area contributed by atoms with Gasteiger partial charge >= 0.3 is 0 Å². The van der Waals surface area contributed by atoms with E-state index in [1.54, 1.807) is 14.2 Å². The molecule has 326 valence electrons. The molecule has 2 N–H and O–H groups in total. The van der Waals surface area contributed by atoms with Gasteiger partial charge in [0.05, 0.1) is 28.4 Å². The van der Waals surface area contributed by atoms with Crippen LogP contribution >= 0.6 is 0 Å². The minimum atomic E-state index is -0.178. The first-order chi connectivity index (χ1) is 32.4. The van der Waals surface area contributed by atoms with Crippen molar-refractivity contribution in [1.82, 2.24) is 0 Å². The van der Waals surface area contributed by atoms with Crippen LogP contribution in [0.3, 0.4) is 0 Å². The molecule has 0 amide bonds. The number of phenolic OH excluding ortho intramolecular Hbond substituents is 2. The zero-order valence-corrected chi connectivity index (χ0v) is 36.9. The summed E-state index contributed by atoms with van der Waals surface area (Å²) in [6, 6.07) is 55.5. The number of hydrogen-bond donors (Lipinski definition) is 2. The smallest absolute Gasteiger partial charge is 0.169 e. The van der Waals surface area contributed by atoms with Crippen LogP contribution in [0, 0.1) is 0 Å². The third kappa shape index (κ3) is 7.04. The number of rotatable bonds is 13. The van der Waals surface area contributed by atoms with Crippen LogP contribution in [0.1, 0.15) is 11.1 Å². The molecule has 0 saturated heterocycles. The van der Waals surface area contributed by atoms with Crippen molar-refractivity contribution in [2.45, 2.75) is 13.2 Å². The first-order valence-corrected chi connectivity index (χ1v) is 21.6. The maximum atomic E-state index is 12.9. The highest BCUT2D eigenvalue weighted by Gasteiger charge is 2.32. The molecule has 0 aliphatic heterocycles. The second-order valence-electron chi connectivity index (χ2n) is 15.9. The topological polar surface area (TPSA) is 95.8 Å². The minimum absolute atomic E-state index is 0.178. The van der Waals surface area contributed by atoms with Crippen molar-refractivity contribution in [3.63, 3.8) is 0 Å². The fourth-order valence-corrected chi connectivity index (χ4v) is 9.39. The van der Waals surface area contributed by atoms with Gasteiger partial charge in [0, 0.05) is 33.4 Å². The predicted octanol–water partition coefficient (Wildman–Crippen LogP) is 13.9. The van der Waals surface area contributed by atoms with Crippen molar-refractivity contribution in [3.8, 4) is 79.4 Å². The number of ether oxygens (including phenoxy) is 6. The van der Waals surface area contributed by atoms with Gasteiger partial charge in [0.1, 0.15) is 13.2 Å². The van der Waals surface area contributed by atoms with Gasteiger partial charge in [0.2, 0.25) is 0 Å². The Morgan fingerprint density at radius 2 is 0.606 bits per heavy atom. The summed E-state index contributed by atoms with van der Waals surface area (Å²) in [4.78, 5) is 0. The van der Waals surface area contributed by atoms with E-state index in [2.05, 4.69) is 0 Å². The number of hydrogen-bond acceptors (Lipinski definition) is 8. The third-order valence-corrected chi connectivity index (χ3v) is 12.3. The van der Waals surface area contributed by atoms with Crippen LogP contribution < -0.4 is 28.4 Å². The van der Waals surface area contributed by atoms with Gasteiger partial charge in [-0.05, 0) is 66.3 Å². The lowest BCUT2D eigenvalue weighted by atomic mass is 9.84. The molecule has 0 saturated carbocycles. The van der Waals surface area contributed by atoms with Crippen LogP contribution in [0.4, 0.5) is 0 Å². The molecule has 0 aromatic heterocycles. The molecule has 0 bridgehead atoms. The number of fused-ring (bicyclic) bond motifs is 4. The molecule has 10 rings (SSSR count). The van der Waals surface area contributed by atoms with Crippen LogP contribution in [-0.4, -0.2) is 38.7 Å². The zero-order valence-electron chi connectivity index (χ0n) is 36.9. The van der Waals surface area contributed by atoms with E-state index in [1.807, 2.05) is 170 Å². The van der Waals surface area contributed by atoms with Gasteiger partial charge in [-0.15, -0.1) is 0 Å². The average molecular weight is 871 g/mol. The summed E-state index contributed by atoms with van der Waals surface area (Å²) < 4.78 is 38.1. The van der Waals surface area contributed by atoms with E-state index in [0.717, 1.165) is 43.4 Å². The fourth-order valence-electron chi connectivity index (χ4n) is 9.39. The van der Waals surface area contributed by atoms with Crippen LogP contribution in [0.15, 0.2) is 170 Å². The predicted molar refractivity (Wildman–Crippen MR) is 264 cm³/mol. The van der Waals surface area contributed by atoms with E-state index in [4.69, 9.17) is 28.4 Å². The Morgan fingerprint density at radius 3 is 0.955 bits per heavy atom. The van der Waals surface area contributed by atoms with Crippen molar-refractivity contribution in [2.75, 3.05) is 28.4 Å². The Morgan fingerprint density at radius 1 is 0.318 bits per heavy atom. The molecular weight excluding hydrogens is 825 g/mol.